The van der Waals surface area contributed by atoms with Gasteiger partial charge in [0.25, 0.3) is 0 Å². The van der Waals surface area contributed by atoms with E-state index in [9.17, 15) is 4.79 Å². The monoisotopic (exact) mass is 345 g/mol. The van der Waals surface area contributed by atoms with Gasteiger partial charge in [-0.2, -0.15) is 0 Å². The number of carbonyl (C=O) groups excluding carboxylic acids is 1. The summed E-state index contributed by atoms with van der Waals surface area (Å²) in [7, 11) is 1.59. The van der Waals surface area contributed by atoms with Crippen LogP contribution in [-0.2, 0) is 0 Å². The van der Waals surface area contributed by atoms with Gasteiger partial charge in [-0.15, -0.1) is 0 Å². The van der Waals surface area contributed by atoms with Crippen LogP contribution in [0.3, 0.4) is 0 Å². The van der Waals surface area contributed by atoms with Gasteiger partial charge in [-0.05, 0) is 55.3 Å². The maximum absolute atomic E-state index is 12.2. The molecule has 6 heteroatoms. The Morgan fingerprint density at radius 2 is 1.79 bits per heavy atom. The summed E-state index contributed by atoms with van der Waals surface area (Å²) in [6.07, 6.45) is 2.40. The zero-order valence-corrected chi connectivity index (χ0v) is 14.3. The van der Waals surface area contributed by atoms with E-state index in [0.717, 1.165) is 18.8 Å². The van der Waals surface area contributed by atoms with Crippen LogP contribution >= 0.6 is 11.6 Å². The summed E-state index contributed by atoms with van der Waals surface area (Å²) in [5, 5.41) is 6.26. The van der Waals surface area contributed by atoms with Gasteiger partial charge in [0, 0.05) is 29.5 Å². The van der Waals surface area contributed by atoms with Crippen molar-refractivity contribution in [2.24, 2.45) is 0 Å². The van der Waals surface area contributed by atoms with Gasteiger partial charge in [-0.25, -0.2) is 4.79 Å². The fourth-order valence-corrected chi connectivity index (χ4v) is 2.91. The molecule has 2 amide bonds. The van der Waals surface area contributed by atoms with Gasteiger partial charge in [-0.1, -0.05) is 11.6 Å². The normalized spacial score (nSPS) is 13.7. The van der Waals surface area contributed by atoms with Crippen LogP contribution < -0.4 is 20.3 Å². The summed E-state index contributed by atoms with van der Waals surface area (Å²) in [5.41, 5.74) is 2.41. The molecule has 0 saturated carbocycles. The summed E-state index contributed by atoms with van der Waals surface area (Å²) in [6, 6.07) is 12.5. The number of ether oxygens (including phenoxy) is 1. The number of rotatable bonds is 4. The van der Waals surface area contributed by atoms with Crippen LogP contribution in [0.2, 0.25) is 5.02 Å². The summed E-state index contributed by atoms with van der Waals surface area (Å²) in [6.45, 7) is 2.09. The molecule has 2 aromatic rings. The number of methoxy groups -OCH3 is 1. The molecule has 0 radical (unpaired) electrons. The van der Waals surface area contributed by atoms with E-state index in [-0.39, 0.29) is 6.03 Å². The first-order chi connectivity index (χ1) is 11.7. The standard InChI is InChI=1S/C18H20ClN3O2/c1-24-17-9-8-15(22-10-2-3-11-22)12-16(17)21-18(23)20-14-6-4-13(19)5-7-14/h4-9,12H,2-3,10-11H2,1H3,(H2,20,21,23). The number of hydrogen-bond acceptors (Lipinski definition) is 3. The highest BCUT2D eigenvalue weighted by Gasteiger charge is 2.15. The molecular formula is C18H20ClN3O2. The minimum absolute atomic E-state index is 0.325. The van der Waals surface area contributed by atoms with Crippen LogP contribution in [0.25, 0.3) is 0 Å². The highest BCUT2D eigenvalue weighted by Crippen LogP contribution is 2.31. The maximum Gasteiger partial charge on any atom is 0.323 e. The minimum atomic E-state index is -0.325. The fraction of sp³-hybridized carbons (Fsp3) is 0.278. The summed E-state index contributed by atoms with van der Waals surface area (Å²) in [4.78, 5) is 14.6. The summed E-state index contributed by atoms with van der Waals surface area (Å²) in [5.74, 6) is 0.629. The molecule has 0 aromatic heterocycles. The molecule has 1 heterocycles. The first-order valence-corrected chi connectivity index (χ1v) is 8.30. The number of carbonyl (C=O) groups is 1. The van der Waals surface area contributed by atoms with Crippen LogP contribution in [0.15, 0.2) is 42.5 Å². The third-order valence-electron chi connectivity index (χ3n) is 4.00. The SMILES string of the molecule is COc1ccc(N2CCCC2)cc1NC(=O)Nc1ccc(Cl)cc1. The van der Waals surface area contributed by atoms with Gasteiger partial charge in [0.15, 0.2) is 0 Å². The number of nitrogens with zero attached hydrogens (tertiary/aromatic N) is 1. The topological polar surface area (TPSA) is 53.6 Å². The number of anilines is 3. The highest BCUT2D eigenvalue weighted by atomic mass is 35.5. The van der Waals surface area contributed by atoms with Gasteiger partial charge in [0.2, 0.25) is 0 Å². The number of nitrogens with one attached hydrogen (secondary N) is 2. The lowest BCUT2D eigenvalue weighted by Crippen LogP contribution is -2.21. The Kier molecular flexibility index (Phi) is 5.11. The van der Waals surface area contributed by atoms with E-state index in [1.54, 1.807) is 31.4 Å². The van der Waals surface area contributed by atoms with Crippen LogP contribution in [0.1, 0.15) is 12.8 Å². The molecule has 24 heavy (non-hydrogen) atoms. The van der Waals surface area contributed by atoms with E-state index in [0.29, 0.717) is 22.1 Å². The lowest BCUT2D eigenvalue weighted by Gasteiger charge is -2.20. The molecule has 1 fully saturated rings. The second-order valence-electron chi connectivity index (χ2n) is 5.66. The molecule has 0 spiro atoms. The number of urea groups is 1. The zero-order valence-electron chi connectivity index (χ0n) is 13.5. The largest absolute Gasteiger partial charge is 0.495 e. The molecule has 0 aliphatic carbocycles. The molecule has 0 unspecified atom stereocenters. The van der Waals surface area contributed by atoms with Crippen LogP contribution in [0.4, 0.5) is 21.9 Å². The van der Waals surface area contributed by atoms with Crippen molar-refractivity contribution >= 4 is 34.7 Å². The third-order valence-corrected chi connectivity index (χ3v) is 4.26. The molecule has 5 nitrogen and oxygen atoms in total. The van der Waals surface area contributed by atoms with Gasteiger partial charge in [-0.3, -0.25) is 0 Å². The number of benzene rings is 2. The van der Waals surface area contributed by atoms with Gasteiger partial charge in [0.1, 0.15) is 5.75 Å². The molecule has 1 aliphatic rings. The van der Waals surface area contributed by atoms with Crippen molar-refractivity contribution < 1.29 is 9.53 Å². The molecule has 1 aliphatic heterocycles. The maximum atomic E-state index is 12.2. The first-order valence-electron chi connectivity index (χ1n) is 7.92. The summed E-state index contributed by atoms with van der Waals surface area (Å²) < 4.78 is 5.35. The molecule has 3 rings (SSSR count). The molecular weight excluding hydrogens is 326 g/mol. The second kappa shape index (κ2) is 7.45. The number of halogens is 1. The Balaban J connectivity index is 1.73. The van der Waals surface area contributed by atoms with E-state index in [4.69, 9.17) is 16.3 Å². The fourth-order valence-electron chi connectivity index (χ4n) is 2.78. The van der Waals surface area contributed by atoms with Gasteiger partial charge >= 0.3 is 6.03 Å². The average molecular weight is 346 g/mol. The van der Waals surface area contributed by atoms with Crippen LogP contribution in [0.5, 0.6) is 5.75 Å². The van der Waals surface area contributed by atoms with E-state index in [1.807, 2.05) is 18.2 Å². The number of hydrogen-bond donors (Lipinski definition) is 2. The number of amides is 2. The highest BCUT2D eigenvalue weighted by molar-refractivity contribution is 6.30. The van der Waals surface area contributed by atoms with Crippen molar-refractivity contribution in [2.75, 3.05) is 35.7 Å². The molecule has 1 saturated heterocycles. The molecule has 0 bridgehead atoms. The van der Waals surface area contributed by atoms with Crippen molar-refractivity contribution in [3.8, 4) is 5.75 Å². The average Bonchev–Trinajstić information content (AvgIpc) is 3.11. The zero-order chi connectivity index (χ0) is 16.9. The van der Waals surface area contributed by atoms with Crippen molar-refractivity contribution in [1.82, 2.24) is 0 Å². The van der Waals surface area contributed by atoms with Crippen molar-refractivity contribution in [3.63, 3.8) is 0 Å². The lowest BCUT2D eigenvalue weighted by atomic mass is 10.2. The van der Waals surface area contributed by atoms with E-state index in [1.165, 1.54) is 12.8 Å². The predicted molar refractivity (Wildman–Crippen MR) is 98.5 cm³/mol. The Morgan fingerprint density at radius 3 is 2.46 bits per heavy atom. The van der Waals surface area contributed by atoms with E-state index in [2.05, 4.69) is 15.5 Å². The Labute approximate surface area is 146 Å². The molecule has 126 valence electrons. The van der Waals surface area contributed by atoms with Crippen molar-refractivity contribution in [1.29, 1.82) is 0 Å². The Hall–Kier alpha value is -2.40. The second-order valence-corrected chi connectivity index (χ2v) is 6.10. The van der Waals surface area contributed by atoms with Crippen LogP contribution in [0, 0.1) is 0 Å². The van der Waals surface area contributed by atoms with Gasteiger partial charge in [0.05, 0.1) is 12.8 Å². The summed E-state index contributed by atoms with van der Waals surface area (Å²) >= 11 is 5.85. The molecule has 0 atom stereocenters. The van der Waals surface area contributed by atoms with Crippen molar-refractivity contribution in [2.45, 2.75) is 12.8 Å². The first kappa shape index (κ1) is 16.5. The molecule has 2 N–H and O–H groups in total. The Morgan fingerprint density at radius 1 is 1.08 bits per heavy atom. The quantitative estimate of drug-likeness (QED) is 0.852. The van der Waals surface area contributed by atoms with E-state index < -0.39 is 0 Å². The minimum Gasteiger partial charge on any atom is -0.495 e. The predicted octanol–water partition coefficient (Wildman–Crippen LogP) is 4.59. The Bertz CT molecular complexity index is 713. The molecule has 2 aromatic carbocycles. The van der Waals surface area contributed by atoms with E-state index >= 15 is 0 Å². The lowest BCUT2D eigenvalue weighted by molar-refractivity contribution is 0.262. The third kappa shape index (κ3) is 3.92. The smallest absolute Gasteiger partial charge is 0.323 e. The van der Waals surface area contributed by atoms with Crippen molar-refractivity contribution in [3.05, 3.63) is 47.5 Å². The van der Waals surface area contributed by atoms with Crippen LogP contribution in [-0.4, -0.2) is 26.2 Å². The van der Waals surface area contributed by atoms with Gasteiger partial charge < -0.3 is 20.3 Å².